The molecule has 3 aromatic rings. The molecule has 4 N–H and O–H groups in total. The summed E-state index contributed by atoms with van der Waals surface area (Å²) in [6, 6.07) is 17.8. The number of benzene rings is 2. The van der Waals surface area contributed by atoms with Crippen molar-refractivity contribution >= 4 is 33.7 Å². The quantitative estimate of drug-likeness (QED) is 0.326. The summed E-state index contributed by atoms with van der Waals surface area (Å²) in [5, 5.41) is 25.5. The molecule has 0 aliphatic carbocycles. The molecular weight excluding hydrogens is 490 g/mol. The third-order valence-corrected chi connectivity index (χ3v) is 5.65. The van der Waals surface area contributed by atoms with Crippen molar-refractivity contribution in [2.45, 2.75) is 24.6 Å². The summed E-state index contributed by atoms with van der Waals surface area (Å²) in [6.45, 7) is 0. The predicted octanol–water partition coefficient (Wildman–Crippen LogP) is 2.49. The number of nitrogens with one attached hydrogen (secondary N) is 2. The van der Waals surface area contributed by atoms with Gasteiger partial charge in [-0.25, -0.2) is 9.78 Å². The van der Waals surface area contributed by atoms with Crippen molar-refractivity contribution in [3.8, 4) is 0 Å². The van der Waals surface area contributed by atoms with Crippen LogP contribution in [0.1, 0.15) is 27.5 Å². The number of hydrogen-bond acceptors (Lipinski definition) is 5. The van der Waals surface area contributed by atoms with Crippen molar-refractivity contribution in [1.29, 1.82) is 0 Å². The SMILES string of the molecule is O=C(N[C@@H](c1ccccc1)[C@@H](O)C(=O)N[C@H](Cc1cccnc1Br)C(=O)O)c1ccccc1. The molecule has 170 valence electrons. The smallest absolute Gasteiger partial charge is 0.326 e. The van der Waals surface area contributed by atoms with Gasteiger partial charge in [-0.2, -0.15) is 0 Å². The van der Waals surface area contributed by atoms with Gasteiger partial charge in [0, 0.05) is 18.2 Å². The average molecular weight is 512 g/mol. The van der Waals surface area contributed by atoms with E-state index in [0.29, 0.717) is 21.3 Å². The maximum absolute atomic E-state index is 12.9. The Morgan fingerprint density at radius 1 is 0.909 bits per heavy atom. The molecule has 0 saturated heterocycles. The Morgan fingerprint density at radius 2 is 1.55 bits per heavy atom. The van der Waals surface area contributed by atoms with Crippen LogP contribution < -0.4 is 10.6 Å². The lowest BCUT2D eigenvalue weighted by Gasteiger charge is -2.25. The number of carboxylic acids is 1. The number of nitrogens with zero attached hydrogens (tertiary/aromatic N) is 1. The van der Waals surface area contributed by atoms with E-state index in [-0.39, 0.29) is 6.42 Å². The Hall–Kier alpha value is -3.56. The van der Waals surface area contributed by atoms with Crippen molar-refractivity contribution < 1.29 is 24.6 Å². The van der Waals surface area contributed by atoms with Crippen LogP contribution in [0.5, 0.6) is 0 Å². The number of halogens is 1. The largest absolute Gasteiger partial charge is 0.480 e. The Bertz CT molecular complexity index is 1110. The first-order valence-electron chi connectivity index (χ1n) is 10.1. The van der Waals surface area contributed by atoms with E-state index in [1.54, 1.807) is 79.0 Å². The first-order valence-corrected chi connectivity index (χ1v) is 10.9. The van der Waals surface area contributed by atoms with Crippen LogP contribution in [0.4, 0.5) is 0 Å². The van der Waals surface area contributed by atoms with Gasteiger partial charge >= 0.3 is 5.97 Å². The van der Waals surface area contributed by atoms with Crippen LogP contribution in [0.3, 0.4) is 0 Å². The zero-order valence-corrected chi connectivity index (χ0v) is 19.0. The minimum absolute atomic E-state index is 0.0470. The molecule has 1 heterocycles. The zero-order chi connectivity index (χ0) is 23.8. The van der Waals surface area contributed by atoms with Crippen LogP contribution in [0.15, 0.2) is 83.6 Å². The van der Waals surface area contributed by atoms with Gasteiger partial charge in [0.05, 0.1) is 6.04 Å². The molecule has 33 heavy (non-hydrogen) atoms. The lowest BCUT2D eigenvalue weighted by atomic mass is 9.99. The summed E-state index contributed by atoms with van der Waals surface area (Å²) in [7, 11) is 0. The van der Waals surface area contributed by atoms with Gasteiger partial charge in [-0.1, -0.05) is 54.6 Å². The van der Waals surface area contributed by atoms with E-state index in [4.69, 9.17) is 0 Å². The number of carboxylic acid groups (broad SMARTS) is 1. The maximum atomic E-state index is 12.9. The number of hydrogen-bond donors (Lipinski definition) is 4. The van der Waals surface area contributed by atoms with Crippen LogP contribution in [0.2, 0.25) is 0 Å². The van der Waals surface area contributed by atoms with Gasteiger partial charge in [0.25, 0.3) is 11.8 Å². The first kappa shape index (κ1) is 24.1. The third kappa shape index (κ3) is 6.47. The fourth-order valence-electron chi connectivity index (χ4n) is 3.22. The first-order chi connectivity index (χ1) is 15.9. The number of carbonyl (C=O) groups excluding carboxylic acids is 2. The van der Waals surface area contributed by atoms with E-state index in [1.165, 1.54) is 0 Å². The van der Waals surface area contributed by atoms with Crippen molar-refractivity contribution in [3.63, 3.8) is 0 Å². The number of rotatable bonds is 9. The number of aliphatic hydroxyl groups is 1. The van der Waals surface area contributed by atoms with Crippen LogP contribution in [0.25, 0.3) is 0 Å². The summed E-state index contributed by atoms with van der Waals surface area (Å²) in [5.41, 5.74) is 1.43. The number of aliphatic hydroxyl groups excluding tert-OH is 1. The molecule has 3 atom stereocenters. The molecule has 0 bridgehead atoms. The normalized spacial score (nSPS) is 13.4. The molecule has 8 nitrogen and oxygen atoms in total. The van der Waals surface area contributed by atoms with Crippen molar-refractivity contribution in [2.24, 2.45) is 0 Å². The summed E-state index contributed by atoms with van der Waals surface area (Å²) in [6.07, 6.45) is -0.237. The number of aromatic nitrogens is 1. The second-order valence-corrected chi connectivity index (χ2v) is 7.98. The highest BCUT2D eigenvalue weighted by Crippen LogP contribution is 2.19. The van der Waals surface area contributed by atoms with Crippen LogP contribution in [-0.4, -0.2) is 45.1 Å². The lowest BCUT2D eigenvalue weighted by molar-refractivity contribution is -0.143. The van der Waals surface area contributed by atoms with E-state index >= 15 is 0 Å². The minimum Gasteiger partial charge on any atom is -0.480 e. The summed E-state index contributed by atoms with van der Waals surface area (Å²) < 4.78 is 0.461. The number of amides is 2. The van der Waals surface area contributed by atoms with E-state index < -0.39 is 36.0 Å². The van der Waals surface area contributed by atoms with Crippen molar-refractivity contribution in [2.75, 3.05) is 0 Å². The van der Waals surface area contributed by atoms with E-state index in [0.717, 1.165) is 0 Å². The van der Waals surface area contributed by atoms with Gasteiger partial charge in [0.2, 0.25) is 0 Å². The van der Waals surface area contributed by atoms with Gasteiger partial charge < -0.3 is 20.8 Å². The van der Waals surface area contributed by atoms with Gasteiger partial charge in [0.1, 0.15) is 10.6 Å². The van der Waals surface area contributed by atoms with Gasteiger partial charge in [-0.15, -0.1) is 0 Å². The number of aliphatic carboxylic acids is 1. The average Bonchev–Trinajstić information content (AvgIpc) is 2.83. The molecule has 3 rings (SSSR count). The summed E-state index contributed by atoms with van der Waals surface area (Å²) >= 11 is 3.26. The molecule has 0 aliphatic heterocycles. The molecule has 0 unspecified atom stereocenters. The van der Waals surface area contributed by atoms with E-state index in [1.807, 2.05) is 0 Å². The zero-order valence-electron chi connectivity index (χ0n) is 17.4. The topological polar surface area (TPSA) is 129 Å². The highest BCUT2D eigenvalue weighted by atomic mass is 79.9. The fourth-order valence-corrected chi connectivity index (χ4v) is 3.63. The molecule has 0 aliphatic rings. The Morgan fingerprint density at radius 3 is 2.15 bits per heavy atom. The molecule has 0 fully saturated rings. The molecular formula is C24H22BrN3O5. The summed E-state index contributed by atoms with van der Waals surface area (Å²) in [4.78, 5) is 41.4. The molecule has 2 aromatic carbocycles. The van der Waals surface area contributed by atoms with Crippen LogP contribution in [-0.2, 0) is 16.0 Å². The van der Waals surface area contributed by atoms with E-state index in [9.17, 15) is 24.6 Å². The standard InChI is InChI=1S/C24H22BrN3O5/c25-21-17(12-7-13-26-21)14-18(24(32)33)27-23(31)20(29)19(15-8-3-1-4-9-15)28-22(30)16-10-5-2-6-11-16/h1-13,18-20,29H,14H2,(H,27,31)(H,28,30)(H,32,33)/t18-,19+,20-/m1/s1. The molecule has 0 spiro atoms. The Labute approximate surface area is 198 Å². The second-order valence-electron chi connectivity index (χ2n) is 7.23. The predicted molar refractivity (Wildman–Crippen MR) is 124 cm³/mol. The fraction of sp³-hybridized carbons (Fsp3) is 0.167. The maximum Gasteiger partial charge on any atom is 0.326 e. The van der Waals surface area contributed by atoms with Crippen LogP contribution >= 0.6 is 15.9 Å². The second kappa shape index (κ2) is 11.3. The molecule has 0 radical (unpaired) electrons. The van der Waals surface area contributed by atoms with Gasteiger partial charge in [-0.05, 0) is 45.3 Å². The lowest BCUT2D eigenvalue weighted by Crippen LogP contribution is -2.50. The highest BCUT2D eigenvalue weighted by Gasteiger charge is 2.32. The van der Waals surface area contributed by atoms with Crippen molar-refractivity contribution in [1.82, 2.24) is 15.6 Å². The third-order valence-electron chi connectivity index (χ3n) is 4.94. The van der Waals surface area contributed by atoms with Gasteiger partial charge in [-0.3, -0.25) is 9.59 Å². The summed E-state index contributed by atoms with van der Waals surface area (Å²) in [5.74, 6) is -2.68. The number of pyridine rings is 1. The molecule has 1 aromatic heterocycles. The monoisotopic (exact) mass is 511 g/mol. The molecule has 0 saturated carbocycles. The molecule has 9 heteroatoms. The highest BCUT2D eigenvalue weighted by molar-refractivity contribution is 9.10. The van der Waals surface area contributed by atoms with Gasteiger partial charge in [0.15, 0.2) is 6.10 Å². The van der Waals surface area contributed by atoms with E-state index in [2.05, 4.69) is 31.5 Å². The minimum atomic E-state index is -1.74. The van der Waals surface area contributed by atoms with Crippen molar-refractivity contribution in [3.05, 3.63) is 100 Å². The number of carbonyl (C=O) groups is 3. The van der Waals surface area contributed by atoms with Crippen LogP contribution in [0, 0.1) is 0 Å². The molecule has 2 amide bonds. The Kier molecular flexibility index (Phi) is 8.28. The Balaban J connectivity index is 1.79.